The zero-order valence-electron chi connectivity index (χ0n) is 14.7. The van der Waals surface area contributed by atoms with E-state index >= 15 is 0 Å². The summed E-state index contributed by atoms with van der Waals surface area (Å²) in [5, 5.41) is 3.25. The van der Waals surface area contributed by atoms with Crippen LogP contribution in [0.5, 0.6) is 5.75 Å². The van der Waals surface area contributed by atoms with Crippen molar-refractivity contribution in [1.82, 2.24) is 4.90 Å². The zero-order chi connectivity index (χ0) is 18.9. The third-order valence-corrected chi connectivity index (χ3v) is 3.87. The molecule has 1 N–H and O–H groups in total. The molecule has 0 saturated carbocycles. The molecule has 0 saturated heterocycles. The van der Waals surface area contributed by atoms with Crippen LogP contribution in [0.4, 0.5) is 5.69 Å². The summed E-state index contributed by atoms with van der Waals surface area (Å²) in [6, 6.07) is 14.5. The second kappa shape index (κ2) is 9.79. The van der Waals surface area contributed by atoms with Crippen molar-refractivity contribution in [2.24, 2.45) is 0 Å². The van der Waals surface area contributed by atoms with Gasteiger partial charge < -0.3 is 14.8 Å². The van der Waals surface area contributed by atoms with Gasteiger partial charge in [-0.2, -0.15) is 0 Å². The molecule has 1 amide bonds. The number of nitrogens with zero attached hydrogens (tertiary/aromatic N) is 1. The van der Waals surface area contributed by atoms with Crippen LogP contribution in [-0.2, 0) is 20.9 Å². The van der Waals surface area contributed by atoms with Gasteiger partial charge in [0.15, 0.2) is 0 Å². The van der Waals surface area contributed by atoms with E-state index in [1.54, 1.807) is 23.1 Å². The maximum atomic E-state index is 12.5. The Morgan fingerprint density at radius 1 is 1.08 bits per heavy atom. The lowest BCUT2D eigenvalue weighted by molar-refractivity contribution is -0.142. The third kappa shape index (κ3) is 6.06. The van der Waals surface area contributed by atoms with E-state index in [1.165, 1.54) is 14.2 Å². The van der Waals surface area contributed by atoms with Gasteiger partial charge in [0.05, 0.1) is 33.0 Å². The van der Waals surface area contributed by atoms with Crippen LogP contribution < -0.4 is 10.1 Å². The number of halogens is 1. The molecule has 7 heteroatoms. The van der Waals surface area contributed by atoms with Crippen LogP contribution in [0.15, 0.2) is 48.5 Å². The van der Waals surface area contributed by atoms with Crippen LogP contribution in [0.2, 0.25) is 5.02 Å². The topological polar surface area (TPSA) is 67.9 Å². The molecule has 2 rings (SSSR count). The van der Waals surface area contributed by atoms with Crippen LogP contribution in [0.3, 0.4) is 0 Å². The summed E-state index contributed by atoms with van der Waals surface area (Å²) < 4.78 is 9.94. The van der Waals surface area contributed by atoms with Crippen molar-refractivity contribution in [3.05, 3.63) is 59.1 Å². The lowest BCUT2D eigenvalue weighted by atomic mass is 10.2. The average molecular weight is 377 g/mol. The smallest absolute Gasteiger partial charge is 0.319 e. The molecule has 0 heterocycles. The highest BCUT2D eigenvalue weighted by atomic mass is 35.5. The highest BCUT2D eigenvalue weighted by Gasteiger charge is 2.17. The standard InChI is InChI=1S/C19H21ClN2O4/c1-25-17-9-8-15(20)10-16(17)21-18(23)12-22(13-19(24)26-2)11-14-6-4-3-5-7-14/h3-10H,11-13H2,1-2H3,(H,21,23). The molecule has 26 heavy (non-hydrogen) atoms. The van der Waals surface area contributed by atoms with Gasteiger partial charge in [0, 0.05) is 11.6 Å². The SMILES string of the molecule is COC(=O)CN(CC(=O)Nc1cc(Cl)ccc1OC)Cc1ccccc1. The lowest BCUT2D eigenvalue weighted by Crippen LogP contribution is -2.37. The van der Waals surface area contributed by atoms with E-state index in [2.05, 4.69) is 5.32 Å². The van der Waals surface area contributed by atoms with Crippen LogP contribution in [-0.4, -0.2) is 44.1 Å². The number of hydrogen-bond acceptors (Lipinski definition) is 5. The van der Waals surface area contributed by atoms with Crippen molar-refractivity contribution in [1.29, 1.82) is 0 Å². The summed E-state index contributed by atoms with van der Waals surface area (Å²) in [4.78, 5) is 25.8. The van der Waals surface area contributed by atoms with Crippen molar-refractivity contribution in [3.8, 4) is 5.75 Å². The molecule has 0 aliphatic rings. The first-order valence-electron chi connectivity index (χ1n) is 7.98. The Bertz CT molecular complexity index is 752. The molecule has 0 fully saturated rings. The quantitative estimate of drug-likeness (QED) is 0.717. The predicted molar refractivity (Wildman–Crippen MR) is 100 cm³/mol. The van der Waals surface area contributed by atoms with Crippen molar-refractivity contribution in [3.63, 3.8) is 0 Å². The van der Waals surface area contributed by atoms with Crippen LogP contribution in [0, 0.1) is 0 Å². The molecule has 138 valence electrons. The van der Waals surface area contributed by atoms with Gasteiger partial charge in [-0.15, -0.1) is 0 Å². The predicted octanol–water partition coefficient (Wildman–Crippen LogP) is 2.96. The fourth-order valence-corrected chi connectivity index (χ4v) is 2.60. The molecule has 2 aromatic carbocycles. The highest BCUT2D eigenvalue weighted by molar-refractivity contribution is 6.31. The fraction of sp³-hybridized carbons (Fsp3) is 0.263. The van der Waals surface area contributed by atoms with Crippen LogP contribution in [0.25, 0.3) is 0 Å². The van der Waals surface area contributed by atoms with E-state index < -0.39 is 5.97 Å². The summed E-state index contributed by atoms with van der Waals surface area (Å²) in [5.41, 5.74) is 1.47. The Morgan fingerprint density at radius 2 is 1.81 bits per heavy atom. The summed E-state index contributed by atoms with van der Waals surface area (Å²) in [7, 11) is 2.83. The van der Waals surface area contributed by atoms with Gasteiger partial charge in [-0.1, -0.05) is 41.9 Å². The van der Waals surface area contributed by atoms with E-state index in [-0.39, 0.29) is 19.0 Å². The normalized spacial score (nSPS) is 10.5. The first-order valence-corrected chi connectivity index (χ1v) is 8.36. The molecule has 0 unspecified atom stereocenters. The van der Waals surface area contributed by atoms with Gasteiger partial charge in [-0.3, -0.25) is 14.5 Å². The summed E-state index contributed by atoms with van der Waals surface area (Å²) in [6.45, 7) is 0.460. The number of amides is 1. The Morgan fingerprint density at radius 3 is 2.46 bits per heavy atom. The van der Waals surface area contributed by atoms with Crippen molar-refractivity contribution >= 4 is 29.2 Å². The highest BCUT2D eigenvalue weighted by Crippen LogP contribution is 2.27. The fourth-order valence-electron chi connectivity index (χ4n) is 2.43. The number of benzene rings is 2. The van der Waals surface area contributed by atoms with E-state index in [1.807, 2.05) is 30.3 Å². The first kappa shape index (κ1) is 19.8. The molecule has 0 atom stereocenters. The molecule has 2 aromatic rings. The van der Waals surface area contributed by atoms with Crippen molar-refractivity contribution < 1.29 is 19.1 Å². The molecule has 6 nitrogen and oxygen atoms in total. The van der Waals surface area contributed by atoms with Crippen LogP contribution in [0.1, 0.15) is 5.56 Å². The molecule has 0 spiro atoms. The minimum Gasteiger partial charge on any atom is -0.495 e. The molecule has 0 radical (unpaired) electrons. The number of hydrogen-bond donors (Lipinski definition) is 1. The van der Waals surface area contributed by atoms with Gasteiger partial charge in [-0.05, 0) is 23.8 Å². The van der Waals surface area contributed by atoms with E-state index in [0.29, 0.717) is 23.0 Å². The van der Waals surface area contributed by atoms with E-state index in [0.717, 1.165) is 5.56 Å². The second-order valence-electron chi connectivity index (χ2n) is 5.60. The van der Waals surface area contributed by atoms with E-state index in [4.69, 9.17) is 21.1 Å². The number of carbonyl (C=O) groups is 2. The molecular weight excluding hydrogens is 356 g/mol. The van der Waals surface area contributed by atoms with Crippen molar-refractivity contribution in [2.75, 3.05) is 32.6 Å². The Labute approximate surface area is 157 Å². The summed E-state index contributed by atoms with van der Waals surface area (Å²) in [6.07, 6.45) is 0. The van der Waals surface area contributed by atoms with Gasteiger partial charge in [0.1, 0.15) is 5.75 Å². The number of esters is 1. The number of methoxy groups -OCH3 is 2. The molecule has 0 aliphatic carbocycles. The average Bonchev–Trinajstić information content (AvgIpc) is 2.62. The largest absolute Gasteiger partial charge is 0.495 e. The Hall–Kier alpha value is -2.57. The van der Waals surface area contributed by atoms with Gasteiger partial charge >= 0.3 is 5.97 Å². The monoisotopic (exact) mass is 376 g/mol. The first-order chi connectivity index (χ1) is 12.5. The third-order valence-electron chi connectivity index (χ3n) is 3.63. The number of carbonyl (C=O) groups excluding carboxylic acids is 2. The number of anilines is 1. The lowest BCUT2D eigenvalue weighted by Gasteiger charge is -2.21. The summed E-state index contributed by atoms with van der Waals surface area (Å²) in [5.74, 6) is -0.190. The van der Waals surface area contributed by atoms with Gasteiger partial charge in [0.25, 0.3) is 0 Å². The Kier molecular flexibility index (Phi) is 7.44. The van der Waals surface area contributed by atoms with Gasteiger partial charge in [-0.25, -0.2) is 0 Å². The zero-order valence-corrected chi connectivity index (χ0v) is 15.5. The van der Waals surface area contributed by atoms with Gasteiger partial charge in [0.2, 0.25) is 5.91 Å². The molecular formula is C19H21ClN2O4. The molecule has 0 aromatic heterocycles. The number of nitrogens with one attached hydrogen (secondary N) is 1. The molecule has 0 aliphatic heterocycles. The van der Waals surface area contributed by atoms with Crippen LogP contribution >= 0.6 is 11.6 Å². The minimum absolute atomic E-state index is 0.00545. The minimum atomic E-state index is -0.408. The number of rotatable bonds is 8. The van der Waals surface area contributed by atoms with E-state index in [9.17, 15) is 9.59 Å². The van der Waals surface area contributed by atoms with Crippen molar-refractivity contribution in [2.45, 2.75) is 6.54 Å². The maximum Gasteiger partial charge on any atom is 0.319 e. The Balaban J connectivity index is 2.07. The summed E-state index contributed by atoms with van der Waals surface area (Å²) >= 11 is 5.98. The number of ether oxygens (including phenoxy) is 2. The maximum absolute atomic E-state index is 12.5. The second-order valence-corrected chi connectivity index (χ2v) is 6.04. The molecule has 0 bridgehead atoms.